The zero-order chi connectivity index (χ0) is 20.1. The lowest BCUT2D eigenvalue weighted by Gasteiger charge is -2.10. The van der Waals surface area contributed by atoms with Crippen molar-refractivity contribution in [3.8, 4) is 17.2 Å². The summed E-state index contributed by atoms with van der Waals surface area (Å²) in [6.45, 7) is 3.60. The number of rotatable bonds is 6. The van der Waals surface area contributed by atoms with Crippen molar-refractivity contribution in [1.29, 1.82) is 0 Å². The van der Waals surface area contributed by atoms with Crippen molar-refractivity contribution < 1.29 is 17.6 Å². The Hall–Kier alpha value is -2.81. The molecule has 1 fully saturated rings. The van der Waals surface area contributed by atoms with E-state index in [1.807, 2.05) is 18.5 Å². The third kappa shape index (κ3) is 3.15. The first-order chi connectivity index (χ1) is 13.3. The minimum atomic E-state index is -3.90. The van der Waals surface area contributed by atoms with Gasteiger partial charge in [-0.2, -0.15) is 0 Å². The summed E-state index contributed by atoms with van der Waals surface area (Å²) >= 11 is 0. The van der Waals surface area contributed by atoms with Gasteiger partial charge < -0.3 is 13.7 Å². The number of nitrogens with zero attached hydrogens (tertiary/aromatic N) is 3. The second kappa shape index (κ2) is 6.66. The third-order valence-corrected chi connectivity index (χ3v) is 6.64. The average Bonchev–Trinajstić information content (AvgIpc) is 3.36. The Kier molecular flexibility index (Phi) is 4.41. The van der Waals surface area contributed by atoms with Gasteiger partial charge in [-0.1, -0.05) is 6.07 Å². The Morgan fingerprint density at radius 1 is 1.21 bits per heavy atom. The standard InChI is InChI=1S/C19H22N4O4S/c1-11-16(19-21-20-18(27-19)13-8-9-13)17(12(2)23(11)3)28(24,25)22-14-6-5-7-15(10-14)26-4/h5-7,10,13,22H,8-9H2,1-4H3. The van der Waals surface area contributed by atoms with Crippen molar-refractivity contribution in [3.63, 3.8) is 0 Å². The number of ether oxygens (including phenoxy) is 1. The first-order valence-corrected chi connectivity index (χ1v) is 10.5. The Morgan fingerprint density at radius 2 is 1.96 bits per heavy atom. The van der Waals surface area contributed by atoms with Crippen LogP contribution >= 0.6 is 0 Å². The molecule has 1 aliphatic carbocycles. The van der Waals surface area contributed by atoms with E-state index in [-0.39, 0.29) is 10.8 Å². The molecule has 1 aromatic carbocycles. The highest BCUT2D eigenvalue weighted by molar-refractivity contribution is 7.93. The van der Waals surface area contributed by atoms with Gasteiger partial charge in [0.2, 0.25) is 5.89 Å². The number of hydrogen-bond acceptors (Lipinski definition) is 6. The third-order valence-electron chi connectivity index (χ3n) is 5.10. The Balaban J connectivity index is 1.80. The molecule has 0 unspecified atom stereocenters. The van der Waals surface area contributed by atoms with Crippen LogP contribution in [0.3, 0.4) is 0 Å². The maximum Gasteiger partial charge on any atom is 0.264 e. The molecule has 2 aromatic heterocycles. The number of methoxy groups -OCH3 is 1. The van der Waals surface area contributed by atoms with Gasteiger partial charge in [0, 0.05) is 30.4 Å². The highest BCUT2D eigenvalue weighted by atomic mass is 32.2. The summed E-state index contributed by atoms with van der Waals surface area (Å²) in [6.07, 6.45) is 2.05. The minimum absolute atomic E-state index is 0.140. The van der Waals surface area contributed by atoms with Gasteiger partial charge in [0.1, 0.15) is 10.6 Å². The summed E-state index contributed by atoms with van der Waals surface area (Å²) in [7, 11) is -0.551. The van der Waals surface area contributed by atoms with Gasteiger partial charge in [-0.25, -0.2) is 8.42 Å². The van der Waals surface area contributed by atoms with E-state index in [9.17, 15) is 8.42 Å². The summed E-state index contributed by atoms with van der Waals surface area (Å²) in [6, 6.07) is 6.77. The smallest absolute Gasteiger partial charge is 0.264 e. The molecule has 3 aromatic rings. The fourth-order valence-electron chi connectivity index (χ4n) is 3.22. The predicted molar refractivity (Wildman–Crippen MR) is 104 cm³/mol. The molecule has 8 nitrogen and oxygen atoms in total. The summed E-state index contributed by atoms with van der Waals surface area (Å²) in [4.78, 5) is 0.140. The van der Waals surface area contributed by atoms with E-state index in [2.05, 4.69) is 14.9 Å². The molecule has 9 heteroatoms. The van der Waals surface area contributed by atoms with E-state index in [0.717, 1.165) is 18.5 Å². The number of aromatic nitrogens is 3. The van der Waals surface area contributed by atoms with Gasteiger partial charge in [0.25, 0.3) is 15.9 Å². The molecular weight excluding hydrogens is 380 g/mol. The number of hydrogen-bond donors (Lipinski definition) is 1. The first-order valence-electron chi connectivity index (χ1n) is 8.98. The van der Waals surface area contributed by atoms with Crippen LogP contribution in [0.2, 0.25) is 0 Å². The fraction of sp³-hybridized carbons (Fsp3) is 0.368. The van der Waals surface area contributed by atoms with Crippen LogP contribution in [0, 0.1) is 13.8 Å². The molecule has 1 aliphatic rings. The molecule has 1 N–H and O–H groups in total. The predicted octanol–water partition coefficient (Wildman–Crippen LogP) is 3.38. The number of anilines is 1. The molecule has 1 saturated carbocycles. The highest BCUT2D eigenvalue weighted by Gasteiger charge is 2.33. The van der Waals surface area contributed by atoms with E-state index in [1.54, 1.807) is 31.2 Å². The van der Waals surface area contributed by atoms with Gasteiger partial charge >= 0.3 is 0 Å². The van der Waals surface area contributed by atoms with Gasteiger partial charge in [-0.3, -0.25) is 4.72 Å². The van der Waals surface area contributed by atoms with Crippen LogP contribution in [-0.4, -0.2) is 30.3 Å². The van der Waals surface area contributed by atoms with Crippen LogP contribution in [0.4, 0.5) is 5.69 Å². The van der Waals surface area contributed by atoms with E-state index >= 15 is 0 Å². The maximum atomic E-state index is 13.3. The number of nitrogens with one attached hydrogen (secondary N) is 1. The van der Waals surface area contributed by atoms with Crippen LogP contribution in [-0.2, 0) is 17.1 Å². The van der Waals surface area contributed by atoms with E-state index in [1.165, 1.54) is 7.11 Å². The topological polar surface area (TPSA) is 99.2 Å². The summed E-state index contributed by atoms with van der Waals surface area (Å²) in [5.41, 5.74) is 2.19. The van der Waals surface area contributed by atoms with Crippen molar-refractivity contribution in [2.45, 2.75) is 37.5 Å². The number of benzene rings is 1. The highest BCUT2D eigenvalue weighted by Crippen LogP contribution is 2.42. The molecule has 148 valence electrons. The Bertz CT molecular complexity index is 1140. The molecule has 4 rings (SSSR count). The fourth-order valence-corrected chi connectivity index (χ4v) is 4.79. The summed E-state index contributed by atoms with van der Waals surface area (Å²) < 4.78 is 42.0. The lowest BCUT2D eigenvalue weighted by Crippen LogP contribution is -2.15. The van der Waals surface area contributed by atoms with Crippen molar-refractivity contribution in [3.05, 3.63) is 41.5 Å². The monoisotopic (exact) mass is 402 g/mol. The molecule has 0 spiro atoms. The molecule has 0 saturated heterocycles. The molecule has 0 atom stereocenters. The lowest BCUT2D eigenvalue weighted by atomic mass is 10.2. The summed E-state index contributed by atoms with van der Waals surface area (Å²) in [5.74, 6) is 1.66. The Labute approximate surface area is 163 Å². The zero-order valence-corrected chi connectivity index (χ0v) is 17.0. The Morgan fingerprint density at radius 3 is 2.64 bits per heavy atom. The van der Waals surface area contributed by atoms with Crippen LogP contribution in [0.25, 0.3) is 11.5 Å². The SMILES string of the molecule is COc1cccc(NS(=O)(=O)c2c(-c3nnc(C4CC4)o3)c(C)n(C)c2C)c1. The average molecular weight is 402 g/mol. The van der Waals surface area contributed by atoms with Crippen molar-refractivity contribution in [2.75, 3.05) is 11.8 Å². The molecule has 0 amide bonds. The van der Waals surface area contributed by atoms with Gasteiger partial charge in [-0.05, 0) is 38.8 Å². The van der Waals surface area contributed by atoms with Gasteiger partial charge in [-0.15, -0.1) is 10.2 Å². The van der Waals surface area contributed by atoms with Crippen LogP contribution in [0.5, 0.6) is 5.75 Å². The van der Waals surface area contributed by atoms with Gasteiger partial charge in [0.05, 0.1) is 18.4 Å². The van der Waals surface area contributed by atoms with Crippen LogP contribution in [0.1, 0.15) is 36.0 Å². The van der Waals surface area contributed by atoms with Gasteiger partial charge in [0.15, 0.2) is 0 Å². The molecule has 0 radical (unpaired) electrons. The van der Waals surface area contributed by atoms with Crippen molar-refractivity contribution >= 4 is 15.7 Å². The van der Waals surface area contributed by atoms with E-state index < -0.39 is 10.0 Å². The van der Waals surface area contributed by atoms with Crippen LogP contribution in [0.15, 0.2) is 33.6 Å². The minimum Gasteiger partial charge on any atom is -0.497 e. The molecule has 0 bridgehead atoms. The molecule has 28 heavy (non-hydrogen) atoms. The largest absolute Gasteiger partial charge is 0.497 e. The summed E-state index contributed by atoms with van der Waals surface area (Å²) in [5, 5.41) is 8.24. The second-order valence-electron chi connectivity index (χ2n) is 6.99. The molecule has 2 heterocycles. The van der Waals surface area contributed by atoms with E-state index in [0.29, 0.717) is 34.5 Å². The van der Waals surface area contributed by atoms with Crippen molar-refractivity contribution in [1.82, 2.24) is 14.8 Å². The van der Waals surface area contributed by atoms with Crippen molar-refractivity contribution in [2.24, 2.45) is 7.05 Å². The lowest BCUT2D eigenvalue weighted by molar-refractivity contribution is 0.415. The molecule has 0 aliphatic heterocycles. The normalized spacial score (nSPS) is 14.3. The second-order valence-corrected chi connectivity index (χ2v) is 8.61. The van der Waals surface area contributed by atoms with E-state index in [4.69, 9.17) is 9.15 Å². The number of sulfonamides is 1. The van der Waals surface area contributed by atoms with Crippen LogP contribution < -0.4 is 9.46 Å². The molecular formula is C19H22N4O4S. The zero-order valence-electron chi connectivity index (χ0n) is 16.2. The quantitative estimate of drug-likeness (QED) is 0.679. The first kappa shape index (κ1) is 18.5. The maximum absolute atomic E-state index is 13.3.